The standard InChI is InChI=1S/C19H19NO5/c1-24-15-6-7-16(17(9-15)19(23)25-2)12-4-3-5-13(8-12)18(22)20-10-14(21)11-20/h3-9,14,21H,10-11H2,1-2H3. The van der Waals surface area contributed by atoms with Gasteiger partial charge < -0.3 is 19.5 Å². The van der Waals surface area contributed by atoms with Crippen LogP contribution in [0.3, 0.4) is 0 Å². The van der Waals surface area contributed by atoms with Crippen molar-refractivity contribution in [2.75, 3.05) is 27.3 Å². The van der Waals surface area contributed by atoms with E-state index in [9.17, 15) is 14.7 Å². The summed E-state index contributed by atoms with van der Waals surface area (Å²) in [5.74, 6) is -0.0669. The first-order chi connectivity index (χ1) is 12.0. The molecule has 1 amide bonds. The van der Waals surface area contributed by atoms with Gasteiger partial charge in [0.1, 0.15) is 5.75 Å². The molecule has 0 spiro atoms. The van der Waals surface area contributed by atoms with E-state index < -0.39 is 12.1 Å². The van der Waals surface area contributed by atoms with Crippen LogP contribution in [-0.4, -0.2) is 55.3 Å². The number of carbonyl (C=O) groups is 2. The van der Waals surface area contributed by atoms with Gasteiger partial charge in [-0.2, -0.15) is 0 Å². The predicted molar refractivity (Wildman–Crippen MR) is 91.7 cm³/mol. The van der Waals surface area contributed by atoms with E-state index in [1.165, 1.54) is 14.2 Å². The van der Waals surface area contributed by atoms with Crippen LogP contribution in [0.2, 0.25) is 0 Å². The normalized spacial score (nSPS) is 14.0. The summed E-state index contributed by atoms with van der Waals surface area (Å²) in [6.07, 6.45) is -0.445. The molecule has 1 N–H and O–H groups in total. The largest absolute Gasteiger partial charge is 0.497 e. The van der Waals surface area contributed by atoms with Gasteiger partial charge in [0.2, 0.25) is 0 Å². The first-order valence-electron chi connectivity index (χ1n) is 7.87. The first kappa shape index (κ1) is 17.0. The number of carbonyl (C=O) groups excluding carboxylic acids is 2. The molecule has 0 unspecified atom stereocenters. The number of likely N-dealkylation sites (tertiary alicyclic amines) is 1. The molecule has 0 aliphatic carbocycles. The van der Waals surface area contributed by atoms with Crippen molar-refractivity contribution < 1.29 is 24.2 Å². The molecular weight excluding hydrogens is 322 g/mol. The Hall–Kier alpha value is -2.86. The molecule has 2 aromatic rings. The number of β-amino-alcohol motifs (C(OH)–C–C–N with tert-alkyl or cyclic N) is 1. The number of benzene rings is 2. The van der Waals surface area contributed by atoms with Crippen LogP contribution in [0, 0.1) is 0 Å². The van der Waals surface area contributed by atoms with Gasteiger partial charge in [0.25, 0.3) is 5.91 Å². The van der Waals surface area contributed by atoms with E-state index in [-0.39, 0.29) is 5.91 Å². The quantitative estimate of drug-likeness (QED) is 0.861. The lowest BCUT2D eigenvalue weighted by molar-refractivity contribution is 0.00590. The van der Waals surface area contributed by atoms with Gasteiger partial charge in [-0.15, -0.1) is 0 Å². The molecule has 1 heterocycles. The van der Waals surface area contributed by atoms with E-state index in [0.717, 1.165) is 5.56 Å². The molecule has 3 rings (SSSR count). The molecule has 1 aliphatic heterocycles. The van der Waals surface area contributed by atoms with Crippen molar-refractivity contribution >= 4 is 11.9 Å². The Morgan fingerprint density at radius 3 is 2.52 bits per heavy atom. The van der Waals surface area contributed by atoms with Crippen LogP contribution in [0.5, 0.6) is 5.75 Å². The van der Waals surface area contributed by atoms with Crippen molar-refractivity contribution in [1.29, 1.82) is 0 Å². The van der Waals surface area contributed by atoms with Crippen molar-refractivity contribution in [2.45, 2.75) is 6.10 Å². The number of hydrogen-bond acceptors (Lipinski definition) is 5. The maximum absolute atomic E-state index is 12.4. The zero-order valence-electron chi connectivity index (χ0n) is 14.1. The number of aliphatic hydroxyl groups is 1. The third-order valence-electron chi connectivity index (χ3n) is 4.20. The highest BCUT2D eigenvalue weighted by Gasteiger charge is 2.29. The molecule has 1 saturated heterocycles. The summed E-state index contributed by atoms with van der Waals surface area (Å²) in [5.41, 5.74) is 2.27. The van der Waals surface area contributed by atoms with Gasteiger partial charge in [-0.1, -0.05) is 12.1 Å². The van der Waals surface area contributed by atoms with Crippen LogP contribution < -0.4 is 4.74 Å². The fourth-order valence-electron chi connectivity index (χ4n) is 2.80. The first-order valence-corrected chi connectivity index (χ1v) is 7.87. The SMILES string of the molecule is COC(=O)c1cc(OC)ccc1-c1cccc(C(=O)N2CC(O)C2)c1. The molecule has 6 nitrogen and oxygen atoms in total. The van der Waals surface area contributed by atoms with Gasteiger partial charge in [-0.3, -0.25) is 4.79 Å². The smallest absolute Gasteiger partial charge is 0.338 e. The second-order valence-electron chi connectivity index (χ2n) is 5.85. The van der Waals surface area contributed by atoms with Crippen molar-refractivity contribution in [1.82, 2.24) is 4.90 Å². The summed E-state index contributed by atoms with van der Waals surface area (Å²) in [6.45, 7) is 0.692. The predicted octanol–water partition coefficient (Wildman–Crippen LogP) is 1.97. The van der Waals surface area contributed by atoms with Crippen LogP contribution in [0.25, 0.3) is 11.1 Å². The van der Waals surface area contributed by atoms with Crippen molar-refractivity contribution in [3.8, 4) is 16.9 Å². The maximum atomic E-state index is 12.4. The molecule has 0 bridgehead atoms. The summed E-state index contributed by atoms with van der Waals surface area (Å²) in [6, 6.07) is 12.2. The number of esters is 1. The Kier molecular flexibility index (Phi) is 4.72. The van der Waals surface area contributed by atoms with Gasteiger partial charge in [-0.05, 0) is 41.5 Å². The number of nitrogens with zero attached hydrogens (tertiary/aromatic N) is 1. The maximum Gasteiger partial charge on any atom is 0.338 e. The van der Waals surface area contributed by atoms with E-state index in [2.05, 4.69) is 0 Å². The van der Waals surface area contributed by atoms with Crippen LogP contribution >= 0.6 is 0 Å². The Labute approximate surface area is 145 Å². The second-order valence-corrected chi connectivity index (χ2v) is 5.85. The second kappa shape index (κ2) is 6.94. The third kappa shape index (κ3) is 3.34. The highest BCUT2D eigenvalue weighted by molar-refractivity contribution is 6.00. The summed E-state index contributed by atoms with van der Waals surface area (Å²) in [4.78, 5) is 26.1. The zero-order valence-corrected chi connectivity index (χ0v) is 14.1. The minimum atomic E-state index is -0.475. The van der Waals surface area contributed by atoms with Gasteiger partial charge >= 0.3 is 5.97 Å². The lowest BCUT2D eigenvalue weighted by Crippen LogP contribution is -2.53. The fourth-order valence-corrected chi connectivity index (χ4v) is 2.80. The fraction of sp³-hybridized carbons (Fsp3) is 0.263. The molecule has 6 heteroatoms. The molecule has 130 valence electrons. The lowest BCUT2D eigenvalue weighted by atomic mass is 9.97. The van der Waals surface area contributed by atoms with Gasteiger partial charge in [-0.25, -0.2) is 4.79 Å². The highest BCUT2D eigenvalue weighted by atomic mass is 16.5. The number of aliphatic hydroxyl groups excluding tert-OH is 1. The highest BCUT2D eigenvalue weighted by Crippen LogP contribution is 2.29. The molecular formula is C19H19NO5. The van der Waals surface area contributed by atoms with Crippen molar-refractivity contribution in [2.24, 2.45) is 0 Å². The Morgan fingerprint density at radius 1 is 1.12 bits per heavy atom. The van der Waals surface area contributed by atoms with Crippen LogP contribution in [0.1, 0.15) is 20.7 Å². The summed E-state index contributed by atoms with van der Waals surface area (Å²) in [5, 5.41) is 9.36. The molecule has 25 heavy (non-hydrogen) atoms. The summed E-state index contributed by atoms with van der Waals surface area (Å²) >= 11 is 0. The van der Waals surface area contributed by atoms with Crippen LogP contribution in [-0.2, 0) is 4.74 Å². The molecule has 0 atom stereocenters. The van der Waals surface area contributed by atoms with Gasteiger partial charge in [0.05, 0.1) is 25.9 Å². The Balaban J connectivity index is 1.98. The average Bonchev–Trinajstić information content (AvgIpc) is 2.63. The van der Waals surface area contributed by atoms with Gasteiger partial charge in [0, 0.05) is 18.7 Å². The number of rotatable bonds is 4. The zero-order chi connectivity index (χ0) is 18.0. The third-order valence-corrected chi connectivity index (χ3v) is 4.20. The monoisotopic (exact) mass is 341 g/mol. The van der Waals surface area contributed by atoms with Crippen LogP contribution in [0.15, 0.2) is 42.5 Å². The Morgan fingerprint density at radius 2 is 1.88 bits per heavy atom. The number of hydrogen-bond donors (Lipinski definition) is 1. The number of methoxy groups -OCH3 is 2. The van der Waals surface area contributed by atoms with Gasteiger partial charge in [0.15, 0.2) is 0 Å². The van der Waals surface area contributed by atoms with Crippen molar-refractivity contribution in [3.63, 3.8) is 0 Å². The minimum absolute atomic E-state index is 0.139. The molecule has 0 saturated carbocycles. The van der Waals surface area contributed by atoms with Crippen molar-refractivity contribution in [3.05, 3.63) is 53.6 Å². The molecule has 2 aromatic carbocycles. The number of ether oxygens (including phenoxy) is 2. The summed E-state index contributed by atoms with van der Waals surface area (Å²) in [7, 11) is 2.84. The lowest BCUT2D eigenvalue weighted by Gasteiger charge is -2.35. The summed E-state index contributed by atoms with van der Waals surface area (Å²) < 4.78 is 10.0. The molecule has 1 fully saturated rings. The average molecular weight is 341 g/mol. The Bertz CT molecular complexity index is 811. The van der Waals surface area contributed by atoms with E-state index in [1.54, 1.807) is 41.3 Å². The topological polar surface area (TPSA) is 76.1 Å². The molecule has 0 radical (unpaired) electrons. The molecule has 1 aliphatic rings. The number of amides is 1. The molecule has 0 aromatic heterocycles. The van der Waals surface area contributed by atoms with E-state index >= 15 is 0 Å². The van der Waals surface area contributed by atoms with Crippen LogP contribution in [0.4, 0.5) is 0 Å². The minimum Gasteiger partial charge on any atom is -0.497 e. The van der Waals surface area contributed by atoms with E-state index in [1.807, 2.05) is 6.07 Å². The van der Waals surface area contributed by atoms with E-state index in [0.29, 0.717) is 35.5 Å². The van der Waals surface area contributed by atoms with E-state index in [4.69, 9.17) is 9.47 Å².